The summed E-state index contributed by atoms with van der Waals surface area (Å²) in [5.41, 5.74) is 0.982. The quantitative estimate of drug-likeness (QED) is 0.525. The van der Waals surface area contributed by atoms with E-state index in [0.717, 1.165) is 5.56 Å². The Kier molecular flexibility index (Phi) is 3.09. The van der Waals surface area contributed by atoms with Crippen LogP contribution < -0.4 is 4.89 Å². The highest BCUT2D eigenvalue weighted by atomic mass is 17.2. The molecule has 0 saturated carbocycles. The molecule has 1 aromatic carbocycles. The Morgan fingerprint density at radius 2 is 2.00 bits per heavy atom. The first-order valence-electron chi connectivity index (χ1n) is 3.80. The highest BCUT2D eigenvalue weighted by Crippen LogP contribution is 2.12. The van der Waals surface area contributed by atoms with Gasteiger partial charge < -0.3 is 0 Å². The molecule has 0 aromatic heterocycles. The maximum absolute atomic E-state index is 10.4. The van der Waals surface area contributed by atoms with Crippen LogP contribution in [0.15, 0.2) is 30.8 Å². The summed E-state index contributed by atoms with van der Waals surface area (Å²) in [6.07, 6.45) is 1.72. The molecule has 0 saturated heterocycles. The van der Waals surface area contributed by atoms with E-state index in [1.807, 2.05) is 12.1 Å². The summed E-state index contributed by atoms with van der Waals surface area (Å²) in [6.45, 7) is 4.88. The molecular weight excluding hydrogens is 168 g/mol. The van der Waals surface area contributed by atoms with Crippen molar-refractivity contribution in [3.05, 3.63) is 36.4 Å². The average molecular weight is 178 g/mol. The molecule has 0 bridgehead atoms. The van der Waals surface area contributed by atoms with Crippen molar-refractivity contribution in [2.45, 2.75) is 6.92 Å². The minimum atomic E-state index is -0.479. The normalized spacial score (nSPS) is 9.00. The van der Waals surface area contributed by atoms with Gasteiger partial charge in [0.05, 0.1) is 0 Å². The third-order valence-corrected chi connectivity index (χ3v) is 1.37. The maximum atomic E-state index is 10.4. The van der Waals surface area contributed by atoms with Crippen molar-refractivity contribution >= 4 is 12.0 Å². The minimum Gasteiger partial charge on any atom is -0.287 e. The lowest BCUT2D eigenvalue weighted by atomic mass is 10.2. The molecule has 0 unspecified atom stereocenters. The molecule has 0 spiro atoms. The molecule has 0 aliphatic rings. The second-order valence-corrected chi connectivity index (χ2v) is 2.43. The van der Waals surface area contributed by atoms with Gasteiger partial charge in [-0.25, -0.2) is 4.79 Å². The van der Waals surface area contributed by atoms with E-state index >= 15 is 0 Å². The zero-order chi connectivity index (χ0) is 9.68. The van der Waals surface area contributed by atoms with Crippen LogP contribution in [0.25, 0.3) is 6.08 Å². The minimum absolute atomic E-state index is 0.479. The molecule has 0 atom stereocenters. The summed E-state index contributed by atoms with van der Waals surface area (Å²) in [5.74, 6) is 0.00796. The summed E-state index contributed by atoms with van der Waals surface area (Å²) >= 11 is 0. The lowest BCUT2D eigenvalue weighted by molar-refractivity contribution is -0.210. The van der Waals surface area contributed by atoms with Crippen LogP contribution in [0.3, 0.4) is 0 Å². The summed E-state index contributed by atoms with van der Waals surface area (Å²) < 4.78 is 0. The van der Waals surface area contributed by atoms with E-state index in [0.29, 0.717) is 5.75 Å². The van der Waals surface area contributed by atoms with Gasteiger partial charge in [-0.3, -0.25) is 9.78 Å². The van der Waals surface area contributed by atoms with E-state index in [4.69, 9.17) is 0 Å². The molecule has 0 radical (unpaired) electrons. The van der Waals surface area contributed by atoms with Gasteiger partial charge >= 0.3 is 5.97 Å². The van der Waals surface area contributed by atoms with Crippen molar-refractivity contribution in [1.82, 2.24) is 0 Å². The highest BCUT2D eigenvalue weighted by Gasteiger charge is 1.96. The molecule has 3 nitrogen and oxygen atoms in total. The van der Waals surface area contributed by atoms with Gasteiger partial charge in [-0.2, -0.15) is 0 Å². The van der Waals surface area contributed by atoms with Gasteiger partial charge in [-0.05, 0) is 17.7 Å². The Hall–Kier alpha value is -1.77. The molecule has 1 rings (SSSR count). The van der Waals surface area contributed by atoms with Gasteiger partial charge in [0.15, 0.2) is 5.75 Å². The molecule has 0 N–H and O–H groups in total. The topological polar surface area (TPSA) is 35.5 Å². The van der Waals surface area contributed by atoms with Gasteiger partial charge in [0.25, 0.3) is 0 Å². The third-order valence-electron chi connectivity index (χ3n) is 1.37. The second-order valence-electron chi connectivity index (χ2n) is 2.43. The van der Waals surface area contributed by atoms with Crippen LogP contribution in [0.2, 0.25) is 0 Å². The van der Waals surface area contributed by atoms with Gasteiger partial charge in [0.2, 0.25) is 0 Å². The van der Waals surface area contributed by atoms with E-state index in [1.165, 1.54) is 6.92 Å². The largest absolute Gasteiger partial charge is 0.352 e. The molecule has 0 heterocycles. The lowest BCUT2D eigenvalue weighted by Gasteiger charge is -2.01. The second kappa shape index (κ2) is 4.30. The third kappa shape index (κ3) is 2.99. The van der Waals surface area contributed by atoms with Crippen molar-refractivity contribution in [3.63, 3.8) is 0 Å². The fourth-order valence-electron chi connectivity index (χ4n) is 0.766. The molecule has 3 heteroatoms. The van der Waals surface area contributed by atoms with Crippen LogP contribution in [0.4, 0.5) is 0 Å². The first-order chi connectivity index (χ1) is 6.22. The summed E-state index contributed by atoms with van der Waals surface area (Å²) in [6, 6.07) is 7.01. The highest BCUT2D eigenvalue weighted by molar-refractivity contribution is 5.65. The number of hydrogen-bond acceptors (Lipinski definition) is 3. The van der Waals surface area contributed by atoms with Crippen LogP contribution in [0, 0.1) is 0 Å². The monoisotopic (exact) mass is 178 g/mol. The van der Waals surface area contributed by atoms with Gasteiger partial charge in [-0.1, -0.05) is 24.8 Å². The zero-order valence-corrected chi connectivity index (χ0v) is 7.32. The zero-order valence-electron chi connectivity index (χ0n) is 7.32. The van der Waals surface area contributed by atoms with Gasteiger partial charge in [0.1, 0.15) is 0 Å². The van der Waals surface area contributed by atoms with E-state index < -0.39 is 5.97 Å². The fourth-order valence-corrected chi connectivity index (χ4v) is 0.766. The maximum Gasteiger partial charge on any atom is 0.352 e. The predicted molar refractivity (Wildman–Crippen MR) is 48.9 cm³/mol. The molecule has 0 aliphatic heterocycles. The van der Waals surface area contributed by atoms with E-state index in [-0.39, 0.29) is 0 Å². The first-order valence-corrected chi connectivity index (χ1v) is 3.80. The number of rotatable bonds is 3. The number of benzene rings is 1. The number of hydrogen-bond donors (Lipinski definition) is 0. The lowest BCUT2D eigenvalue weighted by Crippen LogP contribution is -2.02. The summed E-state index contributed by atoms with van der Waals surface area (Å²) in [5, 5.41) is 0. The van der Waals surface area contributed by atoms with Gasteiger partial charge in [0, 0.05) is 6.92 Å². The molecule has 0 fully saturated rings. The van der Waals surface area contributed by atoms with Crippen LogP contribution in [-0.4, -0.2) is 5.97 Å². The van der Waals surface area contributed by atoms with Crippen molar-refractivity contribution in [2.75, 3.05) is 0 Å². The molecule has 0 amide bonds. The SMILES string of the molecule is C=Cc1ccc(OOC(C)=O)cc1. The Morgan fingerprint density at radius 1 is 1.38 bits per heavy atom. The summed E-state index contributed by atoms with van der Waals surface area (Å²) in [4.78, 5) is 19.4. The molecule has 13 heavy (non-hydrogen) atoms. The van der Waals surface area contributed by atoms with E-state index in [1.54, 1.807) is 18.2 Å². The summed E-state index contributed by atoms with van der Waals surface area (Å²) in [7, 11) is 0. The molecule has 68 valence electrons. The Balaban J connectivity index is 2.59. The average Bonchev–Trinajstić information content (AvgIpc) is 2.15. The van der Waals surface area contributed by atoms with E-state index in [2.05, 4.69) is 16.4 Å². The van der Waals surface area contributed by atoms with Crippen LogP contribution in [0.5, 0.6) is 5.75 Å². The van der Waals surface area contributed by atoms with Gasteiger partial charge in [-0.15, -0.1) is 0 Å². The van der Waals surface area contributed by atoms with Crippen molar-refractivity contribution in [1.29, 1.82) is 0 Å². The Morgan fingerprint density at radius 3 is 2.46 bits per heavy atom. The Labute approximate surface area is 76.5 Å². The van der Waals surface area contributed by atoms with Crippen LogP contribution in [-0.2, 0) is 9.68 Å². The number of carbonyl (C=O) groups excluding carboxylic acids is 1. The molecule has 1 aromatic rings. The molecule has 0 aliphatic carbocycles. The number of carbonyl (C=O) groups is 1. The van der Waals surface area contributed by atoms with Crippen LogP contribution >= 0.6 is 0 Å². The van der Waals surface area contributed by atoms with E-state index in [9.17, 15) is 4.79 Å². The Bertz CT molecular complexity index is 300. The van der Waals surface area contributed by atoms with Crippen molar-refractivity contribution < 1.29 is 14.6 Å². The molecular formula is C10H10O3. The van der Waals surface area contributed by atoms with Crippen molar-refractivity contribution in [2.24, 2.45) is 0 Å². The standard InChI is InChI=1S/C10H10O3/c1-3-9-4-6-10(7-5-9)13-12-8(2)11/h3-7H,1H2,2H3. The van der Waals surface area contributed by atoms with Crippen molar-refractivity contribution in [3.8, 4) is 5.75 Å². The first kappa shape index (κ1) is 9.32. The predicted octanol–water partition coefficient (Wildman–Crippen LogP) is 2.19. The fraction of sp³-hybridized carbons (Fsp3) is 0.100. The smallest absolute Gasteiger partial charge is 0.287 e. The van der Waals surface area contributed by atoms with Crippen LogP contribution in [0.1, 0.15) is 12.5 Å².